The van der Waals surface area contributed by atoms with Crippen molar-refractivity contribution < 1.29 is 22.4 Å². The Labute approximate surface area is 151 Å². The van der Waals surface area contributed by atoms with Crippen LogP contribution in [0.4, 0.5) is 13.2 Å². The van der Waals surface area contributed by atoms with Gasteiger partial charge in [0.05, 0.1) is 6.54 Å². The summed E-state index contributed by atoms with van der Waals surface area (Å²) < 4.78 is 44.0. The fourth-order valence-electron chi connectivity index (χ4n) is 2.23. The third kappa shape index (κ3) is 4.45. The van der Waals surface area contributed by atoms with Crippen LogP contribution in [0.25, 0.3) is 11.3 Å². The van der Waals surface area contributed by atoms with E-state index in [1.165, 1.54) is 0 Å². The summed E-state index contributed by atoms with van der Waals surface area (Å²) >= 11 is 5.83. The van der Waals surface area contributed by atoms with E-state index >= 15 is 0 Å². The maximum absolute atomic E-state index is 12.5. The number of hydrogen-bond acceptors (Lipinski definition) is 3. The second-order valence-corrected chi connectivity index (χ2v) is 5.88. The molecule has 1 amide bonds. The third-order valence-corrected chi connectivity index (χ3v) is 3.74. The first-order valence-electron chi connectivity index (χ1n) is 7.53. The van der Waals surface area contributed by atoms with Crippen molar-refractivity contribution in [2.45, 2.75) is 19.3 Å². The van der Waals surface area contributed by atoms with E-state index in [1.807, 2.05) is 0 Å². The van der Waals surface area contributed by atoms with Gasteiger partial charge in [-0.2, -0.15) is 18.3 Å². The van der Waals surface area contributed by atoms with Crippen molar-refractivity contribution in [3.05, 3.63) is 65.1 Å². The minimum absolute atomic E-state index is 0.111. The molecule has 0 aliphatic rings. The molecule has 136 valence electrons. The summed E-state index contributed by atoms with van der Waals surface area (Å²) in [4.78, 5) is 11.8. The lowest BCUT2D eigenvalue weighted by atomic mass is 10.2. The molecule has 9 heteroatoms. The molecule has 0 atom stereocenters. The van der Waals surface area contributed by atoms with E-state index in [4.69, 9.17) is 16.0 Å². The predicted octanol–water partition coefficient (Wildman–Crippen LogP) is 4.13. The van der Waals surface area contributed by atoms with E-state index < -0.39 is 17.8 Å². The molecule has 0 spiro atoms. The number of nitrogens with zero attached hydrogens (tertiary/aromatic N) is 2. The van der Waals surface area contributed by atoms with Crippen molar-refractivity contribution in [2.24, 2.45) is 0 Å². The van der Waals surface area contributed by atoms with Crippen LogP contribution in [0.2, 0.25) is 5.02 Å². The largest absolute Gasteiger partial charge is 0.459 e. The standard InChI is InChI=1S/C17H13ClF3N3O2/c18-12-3-1-11(2-4-12)14-6-5-13(26-14)9-22-16(25)10-24-8-7-15(23-24)17(19,20)21/h1-8H,9-10H2,(H,22,25). The highest BCUT2D eigenvalue weighted by Gasteiger charge is 2.33. The van der Waals surface area contributed by atoms with Gasteiger partial charge in [-0.1, -0.05) is 11.6 Å². The van der Waals surface area contributed by atoms with Gasteiger partial charge in [-0.25, -0.2) is 0 Å². The average molecular weight is 384 g/mol. The Balaban J connectivity index is 1.55. The van der Waals surface area contributed by atoms with Gasteiger partial charge in [0.1, 0.15) is 18.1 Å². The van der Waals surface area contributed by atoms with Gasteiger partial charge < -0.3 is 9.73 Å². The molecule has 0 saturated heterocycles. The Morgan fingerprint density at radius 2 is 1.88 bits per heavy atom. The normalized spacial score (nSPS) is 11.5. The number of halogens is 4. The molecule has 3 rings (SSSR count). The van der Waals surface area contributed by atoms with Gasteiger partial charge in [-0.15, -0.1) is 0 Å². The molecule has 5 nitrogen and oxygen atoms in total. The Bertz CT molecular complexity index is 901. The Morgan fingerprint density at radius 3 is 2.54 bits per heavy atom. The molecule has 0 fully saturated rings. The Morgan fingerprint density at radius 1 is 1.15 bits per heavy atom. The van der Waals surface area contributed by atoms with E-state index in [1.54, 1.807) is 36.4 Å². The lowest BCUT2D eigenvalue weighted by Gasteiger charge is -2.04. The average Bonchev–Trinajstić information content (AvgIpc) is 3.22. The molecule has 2 heterocycles. The first-order valence-corrected chi connectivity index (χ1v) is 7.91. The van der Waals surface area contributed by atoms with E-state index in [2.05, 4.69) is 10.4 Å². The number of amides is 1. The van der Waals surface area contributed by atoms with Crippen molar-refractivity contribution >= 4 is 17.5 Å². The Hall–Kier alpha value is -2.74. The van der Waals surface area contributed by atoms with Crippen LogP contribution in [0, 0.1) is 0 Å². The van der Waals surface area contributed by atoms with Gasteiger partial charge >= 0.3 is 6.18 Å². The molecule has 26 heavy (non-hydrogen) atoms. The molecule has 1 aromatic carbocycles. The summed E-state index contributed by atoms with van der Waals surface area (Å²) in [5.41, 5.74) is -0.202. The SMILES string of the molecule is O=C(Cn1ccc(C(F)(F)F)n1)NCc1ccc(-c2ccc(Cl)cc2)o1. The molecule has 0 bridgehead atoms. The molecule has 2 aromatic heterocycles. The third-order valence-electron chi connectivity index (χ3n) is 3.49. The Kier molecular flexibility index (Phi) is 5.03. The number of aromatic nitrogens is 2. The van der Waals surface area contributed by atoms with Crippen LogP contribution < -0.4 is 5.32 Å². The van der Waals surface area contributed by atoms with Gasteiger partial charge in [0.2, 0.25) is 5.91 Å². The molecular formula is C17H13ClF3N3O2. The zero-order valence-corrected chi connectivity index (χ0v) is 14.0. The van der Waals surface area contributed by atoms with Gasteiger partial charge in [0.15, 0.2) is 5.69 Å². The molecule has 0 aliphatic heterocycles. The zero-order chi connectivity index (χ0) is 18.7. The van der Waals surface area contributed by atoms with Gasteiger partial charge in [0, 0.05) is 16.8 Å². The van der Waals surface area contributed by atoms with Crippen molar-refractivity contribution in [3.63, 3.8) is 0 Å². The summed E-state index contributed by atoms with van der Waals surface area (Å²) in [6.45, 7) is -0.208. The number of rotatable bonds is 5. The number of nitrogens with one attached hydrogen (secondary N) is 1. The topological polar surface area (TPSA) is 60.1 Å². The first kappa shape index (κ1) is 18.1. The lowest BCUT2D eigenvalue weighted by molar-refractivity contribution is -0.141. The van der Waals surface area contributed by atoms with Crippen molar-refractivity contribution in [3.8, 4) is 11.3 Å². The van der Waals surface area contributed by atoms with Crippen molar-refractivity contribution in [2.75, 3.05) is 0 Å². The second-order valence-electron chi connectivity index (χ2n) is 5.45. The fraction of sp³-hybridized carbons (Fsp3) is 0.176. The minimum atomic E-state index is -4.53. The highest BCUT2D eigenvalue weighted by atomic mass is 35.5. The van der Waals surface area contributed by atoms with Crippen molar-refractivity contribution in [1.29, 1.82) is 0 Å². The van der Waals surface area contributed by atoms with Crippen LogP contribution in [0.3, 0.4) is 0 Å². The van der Waals surface area contributed by atoms with Crippen LogP contribution in [-0.4, -0.2) is 15.7 Å². The first-order chi connectivity index (χ1) is 12.3. The van der Waals surface area contributed by atoms with E-state index in [-0.39, 0.29) is 13.1 Å². The van der Waals surface area contributed by atoms with Crippen LogP contribution in [0.1, 0.15) is 11.5 Å². The van der Waals surface area contributed by atoms with Crippen molar-refractivity contribution in [1.82, 2.24) is 15.1 Å². The number of alkyl halides is 3. The number of carbonyl (C=O) groups is 1. The van der Waals surface area contributed by atoms with E-state index in [9.17, 15) is 18.0 Å². The summed E-state index contributed by atoms with van der Waals surface area (Å²) in [6.07, 6.45) is -3.43. The van der Waals surface area contributed by atoms with Crippen LogP contribution in [0.15, 0.2) is 53.1 Å². The number of carbonyl (C=O) groups excluding carboxylic acids is 1. The maximum Gasteiger partial charge on any atom is 0.435 e. The minimum Gasteiger partial charge on any atom is -0.459 e. The molecule has 3 aromatic rings. The fourth-order valence-corrected chi connectivity index (χ4v) is 2.36. The monoisotopic (exact) mass is 383 g/mol. The van der Waals surface area contributed by atoms with E-state index in [0.717, 1.165) is 22.5 Å². The molecular weight excluding hydrogens is 371 g/mol. The number of furan rings is 1. The van der Waals surface area contributed by atoms with Crippen LogP contribution >= 0.6 is 11.6 Å². The van der Waals surface area contributed by atoms with Gasteiger partial charge in [-0.05, 0) is 42.5 Å². The summed E-state index contributed by atoms with van der Waals surface area (Å²) in [7, 11) is 0. The quantitative estimate of drug-likeness (QED) is 0.720. The van der Waals surface area contributed by atoms with Crippen LogP contribution in [0.5, 0.6) is 0 Å². The van der Waals surface area contributed by atoms with E-state index in [0.29, 0.717) is 16.5 Å². The molecule has 0 radical (unpaired) electrons. The maximum atomic E-state index is 12.5. The lowest BCUT2D eigenvalue weighted by Crippen LogP contribution is -2.27. The zero-order valence-electron chi connectivity index (χ0n) is 13.3. The van der Waals surface area contributed by atoms with Gasteiger partial charge in [-0.3, -0.25) is 9.48 Å². The molecule has 0 saturated carbocycles. The summed E-state index contributed by atoms with van der Waals surface area (Å²) in [6, 6.07) is 11.4. The van der Waals surface area contributed by atoms with Crippen LogP contribution in [-0.2, 0) is 24.1 Å². The predicted molar refractivity (Wildman–Crippen MR) is 88.2 cm³/mol. The molecule has 0 aliphatic carbocycles. The van der Waals surface area contributed by atoms with Gasteiger partial charge in [0.25, 0.3) is 0 Å². The molecule has 0 unspecified atom stereocenters. The second kappa shape index (κ2) is 7.25. The summed E-state index contributed by atoms with van der Waals surface area (Å²) in [5, 5.41) is 6.51. The smallest absolute Gasteiger partial charge is 0.435 e. The highest BCUT2D eigenvalue weighted by molar-refractivity contribution is 6.30. The number of benzene rings is 1. The highest BCUT2D eigenvalue weighted by Crippen LogP contribution is 2.27. The molecule has 1 N–H and O–H groups in total. The summed E-state index contributed by atoms with van der Waals surface area (Å²) in [5.74, 6) is 0.652. The number of hydrogen-bond donors (Lipinski definition) is 1.